The second-order valence-corrected chi connectivity index (χ2v) is 4.72. The first kappa shape index (κ1) is 14.2. The van der Waals surface area contributed by atoms with E-state index in [4.69, 9.17) is 22.7 Å². The Morgan fingerprint density at radius 3 is 2.75 bits per heavy atom. The van der Waals surface area contributed by atoms with Crippen LogP contribution in [0.15, 0.2) is 30.6 Å². The molecule has 1 aromatic heterocycles. The van der Waals surface area contributed by atoms with Gasteiger partial charge in [0.05, 0.1) is 31.2 Å². The molecule has 0 fully saturated rings. The topological polar surface area (TPSA) is 73.1 Å². The number of ether oxygens (including phenoxy) is 1. The number of aromatic nitrogens is 2. The van der Waals surface area contributed by atoms with Gasteiger partial charge < -0.3 is 15.8 Å². The molecule has 0 unspecified atom stereocenters. The van der Waals surface area contributed by atoms with E-state index in [0.717, 1.165) is 28.4 Å². The van der Waals surface area contributed by atoms with Crippen molar-refractivity contribution in [2.45, 2.75) is 13.5 Å². The molecule has 20 heavy (non-hydrogen) atoms. The Balaban J connectivity index is 2.18. The van der Waals surface area contributed by atoms with Gasteiger partial charge in [-0.05, 0) is 19.1 Å². The maximum Gasteiger partial charge on any atom is 0.120 e. The summed E-state index contributed by atoms with van der Waals surface area (Å²) in [5, 5.41) is 3.26. The van der Waals surface area contributed by atoms with Crippen LogP contribution in [-0.2, 0) is 6.54 Å². The highest BCUT2D eigenvalue weighted by molar-refractivity contribution is 7.80. The van der Waals surface area contributed by atoms with Crippen molar-refractivity contribution in [3.8, 4) is 5.75 Å². The van der Waals surface area contributed by atoms with Crippen LogP contribution in [0.1, 0.15) is 17.0 Å². The van der Waals surface area contributed by atoms with Gasteiger partial charge in [-0.15, -0.1) is 0 Å². The van der Waals surface area contributed by atoms with Crippen LogP contribution in [0.5, 0.6) is 5.75 Å². The first-order chi connectivity index (χ1) is 9.60. The van der Waals surface area contributed by atoms with E-state index in [1.165, 1.54) is 0 Å². The fraction of sp³-hybridized carbons (Fsp3) is 0.214. The van der Waals surface area contributed by atoms with E-state index < -0.39 is 0 Å². The second kappa shape index (κ2) is 6.29. The Bertz CT molecular complexity index is 613. The first-order valence-corrected chi connectivity index (χ1v) is 6.50. The van der Waals surface area contributed by atoms with E-state index in [1.54, 1.807) is 19.5 Å². The molecule has 0 bridgehead atoms. The van der Waals surface area contributed by atoms with Crippen molar-refractivity contribution < 1.29 is 4.74 Å². The van der Waals surface area contributed by atoms with Gasteiger partial charge >= 0.3 is 0 Å². The number of anilines is 1. The molecule has 3 N–H and O–H groups in total. The molecule has 1 heterocycles. The third-order valence-corrected chi connectivity index (χ3v) is 3.01. The lowest BCUT2D eigenvalue weighted by atomic mass is 10.1. The number of nitrogens with zero attached hydrogens (tertiary/aromatic N) is 2. The van der Waals surface area contributed by atoms with E-state index in [2.05, 4.69) is 15.3 Å². The third-order valence-electron chi connectivity index (χ3n) is 2.79. The molecular formula is C14H16N4OS. The lowest BCUT2D eigenvalue weighted by molar-refractivity contribution is 0.415. The number of nitrogens with one attached hydrogen (secondary N) is 1. The minimum atomic E-state index is 0.338. The molecule has 0 amide bonds. The normalized spacial score (nSPS) is 10.1. The molecule has 0 saturated carbocycles. The lowest BCUT2D eigenvalue weighted by Crippen LogP contribution is -2.13. The molecule has 0 saturated heterocycles. The van der Waals surface area contributed by atoms with Gasteiger partial charge in [0.15, 0.2) is 0 Å². The Morgan fingerprint density at radius 1 is 1.35 bits per heavy atom. The number of hydrogen-bond donors (Lipinski definition) is 2. The summed E-state index contributed by atoms with van der Waals surface area (Å²) >= 11 is 5.05. The minimum absolute atomic E-state index is 0.338. The molecule has 0 aliphatic carbocycles. The van der Waals surface area contributed by atoms with Crippen LogP contribution >= 0.6 is 12.2 Å². The molecule has 0 spiro atoms. The Hall–Kier alpha value is -2.21. The molecule has 5 nitrogen and oxygen atoms in total. The Morgan fingerprint density at radius 2 is 2.15 bits per heavy atom. The fourth-order valence-electron chi connectivity index (χ4n) is 1.71. The van der Waals surface area contributed by atoms with Crippen LogP contribution in [-0.4, -0.2) is 22.1 Å². The number of benzene rings is 1. The molecule has 0 radical (unpaired) electrons. The molecule has 2 rings (SSSR count). The van der Waals surface area contributed by atoms with Crippen LogP contribution in [0.2, 0.25) is 0 Å². The summed E-state index contributed by atoms with van der Waals surface area (Å²) in [5.41, 5.74) is 9.04. The summed E-state index contributed by atoms with van der Waals surface area (Å²) in [6.07, 6.45) is 3.47. The summed E-state index contributed by atoms with van der Waals surface area (Å²) < 4.78 is 5.21. The highest BCUT2D eigenvalue weighted by Gasteiger charge is 2.07. The summed E-state index contributed by atoms with van der Waals surface area (Å²) in [7, 11) is 1.62. The first-order valence-electron chi connectivity index (χ1n) is 6.09. The van der Waals surface area contributed by atoms with Gasteiger partial charge in [-0.25, -0.2) is 0 Å². The van der Waals surface area contributed by atoms with Gasteiger partial charge in [0.1, 0.15) is 10.7 Å². The average Bonchev–Trinajstić information content (AvgIpc) is 2.46. The fourth-order valence-corrected chi connectivity index (χ4v) is 1.89. The largest absolute Gasteiger partial charge is 0.497 e. The van der Waals surface area contributed by atoms with Gasteiger partial charge in [-0.2, -0.15) is 0 Å². The highest BCUT2D eigenvalue weighted by Crippen LogP contribution is 2.23. The van der Waals surface area contributed by atoms with Crippen LogP contribution in [0, 0.1) is 6.92 Å². The van der Waals surface area contributed by atoms with Gasteiger partial charge in [0.2, 0.25) is 0 Å². The predicted molar refractivity (Wildman–Crippen MR) is 83.0 cm³/mol. The number of aryl methyl sites for hydroxylation is 1. The molecule has 0 atom stereocenters. The smallest absolute Gasteiger partial charge is 0.120 e. The standard InChI is InChI=1S/C14H16N4OS/c1-9-6-17-10(7-16-9)8-18-13-5-11(19-2)3-4-12(13)14(15)20/h3-7,18H,8H2,1-2H3,(H2,15,20). The molecule has 0 aliphatic heterocycles. The van der Waals surface area contributed by atoms with E-state index in [0.29, 0.717) is 11.5 Å². The number of hydrogen-bond acceptors (Lipinski definition) is 5. The quantitative estimate of drug-likeness (QED) is 0.820. The van der Waals surface area contributed by atoms with Gasteiger partial charge in [0, 0.05) is 23.5 Å². The minimum Gasteiger partial charge on any atom is -0.497 e. The van der Waals surface area contributed by atoms with Crippen molar-refractivity contribution in [3.05, 3.63) is 47.5 Å². The van der Waals surface area contributed by atoms with E-state index in [-0.39, 0.29) is 0 Å². The zero-order valence-corrected chi connectivity index (χ0v) is 12.2. The highest BCUT2D eigenvalue weighted by atomic mass is 32.1. The SMILES string of the molecule is COc1ccc(C(N)=S)c(NCc2cnc(C)cn2)c1. The van der Waals surface area contributed by atoms with E-state index >= 15 is 0 Å². The molecule has 1 aromatic carbocycles. The zero-order chi connectivity index (χ0) is 14.5. The summed E-state index contributed by atoms with van der Waals surface area (Å²) in [6, 6.07) is 5.52. The van der Waals surface area contributed by atoms with E-state index in [1.807, 2.05) is 25.1 Å². The van der Waals surface area contributed by atoms with Crippen LogP contribution in [0.25, 0.3) is 0 Å². The number of nitrogens with two attached hydrogens (primary N) is 1. The Labute approximate surface area is 123 Å². The zero-order valence-electron chi connectivity index (χ0n) is 11.4. The van der Waals surface area contributed by atoms with Crippen molar-refractivity contribution in [2.24, 2.45) is 5.73 Å². The van der Waals surface area contributed by atoms with Crippen molar-refractivity contribution in [1.29, 1.82) is 0 Å². The third kappa shape index (κ3) is 3.42. The monoisotopic (exact) mass is 288 g/mol. The van der Waals surface area contributed by atoms with Gasteiger partial charge in [-0.3, -0.25) is 9.97 Å². The number of methoxy groups -OCH3 is 1. The maximum atomic E-state index is 5.72. The molecule has 0 aliphatic rings. The number of thiocarbonyl (C=S) groups is 1. The maximum absolute atomic E-state index is 5.72. The lowest BCUT2D eigenvalue weighted by Gasteiger charge is -2.12. The molecular weight excluding hydrogens is 272 g/mol. The van der Waals surface area contributed by atoms with Crippen molar-refractivity contribution in [1.82, 2.24) is 9.97 Å². The van der Waals surface area contributed by atoms with Crippen molar-refractivity contribution in [2.75, 3.05) is 12.4 Å². The molecule has 104 valence electrons. The predicted octanol–water partition coefficient (Wildman–Crippen LogP) is 2.04. The van der Waals surface area contributed by atoms with Gasteiger partial charge in [-0.1, -0.05) is 12.2 Å². The van der Waals surface area contributed by atoms with E-state index in [9.17, 15) is 0 Å². The van der Waals surface area contributed by atoms with Crippen molar-refractivity contribution >= 4 is 22.9 Å². The second-order valence-electron chi connectivity index (χ2n) is 4.28. The summed E-state index contributed by atoms with van der Waals surface area (Å²) in [5.74, 6) is 0.738. The molecule has 2 aromatic rings. The van der Waals surface area contributed by atoms with Crippen LogP contribution in [0.4, 0.5) is 5.69 Å². The number of rotatable bonds is 5. The van der Waals surface area contributed by atoms with Crippen LogP contribution in [0.3, 0.4) is 0 Å². The molecule has 6 heteroatoms. The van der Waals surface area contributed by atoms with Gasteiger partial charge in [0.25, 0.3) is 0 Å². The summed E-state index contributed by atoms with van der Waals surface area (Å²) in [4.78, 5) is 8.83. The van der Waals surface area contributed by atoms with Crippen molar-refractivity contribution in [3.63, 3.8) is 0 Å². The average molecular weight is 288 g/mol. The van der Waals surface area contributed by atoms with Crippen LogP contribution < -0.4 is 15.8 Å². The Kier molecular flexibility index (Phi) is 4.47. The summed E-state index contributed by atoms with van der Waals surface area (Å²) in [6.45, 7) is 2.44.